The number of rotatable bonds is 4. The molecule has 0 spiro atoms. The Morgan fingerprint density at radius 3 is 2.19 bits per heavy atom. The van der Waals surface area contributed by atoms with Gasteiger partial charge in [-0.3, -0.25) is 0 Å². The van der Waals surface area contributed by atoms with Gasteiger partial charge in [-0.1, -0.05) is 27.7 Å². The lowest BCUT2D eigenvalue weighted by Crippen LogP contribution is -2.36. The van der Waals surface area contributed by atoms with E-state index in [2.05, 4.69) is 33.0 Å². The Labute approximate surface area is 101 Å². The third-order valence-electron chi connectivity index (χ3n) is 4.14. The third kappa shape index (κ3) is 4.06. The molecule has 1 aliphatic rings. The molecule has 96 valence electrons. The molecule has 1 saturated carbocycles. The van der Waals surface area contributed by atoms with E-state index in [1.165, 1.54) is 25.7 Å². The maximum Gasteiger partial charge on any atom is 0.0692 e. The van der Waals surface area contributed by atoms with Crippen LogP contribution in [0.15, 0.2) is 0 Å². The van der Waals surface area contributed by atoms with Gasteiger partial charge in [0.2, 0.25) is 0 Å². The number of nitrogens with one attached hydrogen (secondary N) is 1. The predicted octanol–water partition coefficient (Wildman–Crippen LogP) is 2.81. The zero-order chi connectivity index (χ0) is 12.2. The molecular weight excluding hydrogens is 198 g/mol. The van der Waals surface area contributed by atoms with Crippen LogP contribution in [0.2, 0.25) is 0 Å². The highest BCUT2D eigenvalue weighted by atomic mass is 16.3. The van der Waals surface area contributed by atoms with E-state index in [1.807, 2.05) is 0 Å². The molecule has 0 heterocycles. The van der Waals surface area contributed by atoms with Gasteiger partial charge in [-0.2, -0.15) is 0 Å². The maximum atomic E-state index is 10.0. The highest BCUT2D eigenvalue weighted by Crippen LogP contribution is 2.40. The molecule has 0 aromatic carbocycles. The monoisotopic (exact) mass is 227 g/mol. The minimum atomic E-state index is -0.138. The van der Waals surface area contributed by atoms with Crippen LogP contribution in [0.1, 0.15) is 53.4 Å². The van der Waals surface area contributed by atoms with Crippen molar-refractivity contribution in [3.8, 4) is 0 Å². The van der Waals surface area contributed by atoms with Gasteiger partial charge >= 0.3 is 0 Å². The lowest BCUT2D eigenvalue weighted by molar-refractivity contribution is 0.0537. The lowest BCUT2D eigenvalue weighted by Gasteiger charge is -2.38. The molecule has 0 aromatic heterocycles. The van der Waals surface area contributed by atoms with Gasteiger partial charge in [0.15, 0.2) is 0 Å². The maximum absolute atomic E-state index is 10.0. The fourth-order valence-corrected chi connectivity index (χ4v) is 2.83. The Morgan fingerprint density at radius 2 is 1.75 bits per heavy atom. The van der Waals surface area contributed by atoms with Gasteiger partial charge < -0.3 is 10.4 Å². The Balaban J connectivity index is 2.31. The molecule has 1 unspecified atom stereocenters. The van der Waals surface area contributed by atoms with E-state index in [0.29, 0.717) is 11.3 Å². The second kappa shape index (κ2) is 6.02. The van der Waals surface area contributed by atoms with E-state index in [9.17, 15) is 5.11 Å². The van der Waals surface area contributed by atoms with E-state index in [0.717, 1.165) is 19.0 Å². The van der Waals surface area contributed by atoms with Crippen molar-refractivity contribution in [3.63, 3.8) is 0 Å². The Kier molecular flexibility index (Phi) is 5.26. The standard InChI is InChI=1S/C14H29NO/c1-5-15-10-13(16)11-6-8-12(9-7-11)14(2,3)4/h11-13,15-16H,5-10H2,1-4H3. The second-order valence-corrected chi connectivity index (χ2v) is 6.35. The van der Waals surface area contributed by atoms with E-state index in [4.69, 9.17) is 0 Å². The minimum absolute atomic E-state index is 0.138. The zero-order valence-electron chi connectivity index (χ0n) is 11.4. The molecule has 2 N–H and O–H groups in total. The van der Waals surface area contributed by atoms with Crippen LogP contribution in [0.5, 0.6) is 0 Å². The van der Waals surface area contributed by atoms with Crippen molar-refractivity contribution >= 4 is 0 Å². The first-order chi connectivity index (χ1) is 7.45. The summed E-state index contributed by atoms with van der Waals surface area (Å²) < 4.78 is 0. The van der Waals surface area contributed by atoms with Gasteiger partial charge in [0, 0.05) is 6.54 Å². The van der Waals surface area contributed by atoms with Crippen molar-refractivity contribution in [1.29, 1.82) is 0 Å². The van der Waals surface area contributed by atoms with Crippen LogP contribution in [0.3, 0.4) is 0 Å². The fourth-order valence-electron chi connectivity index (χ4n) is 2.83. The Bertz CT molecular complexity index is 189. The molecule has 0 radical (unpaired) electrons. The predicted molar refractivity (Wildman–Crippen MR) is 69.5 cm³/mol. The zero-order valence-corrected chi connectivity index (χ0v) is 11.4. The van der Waals surface area contributed by atoms with Gasteiger partial charge in [-0.15, -0.1) is 0 Å². The second-order valence-electron chi connectivity index (χ2n) is 6.35. The first kappa shape index (κ1) is 14.0. The lowest BCUT2D eigenvalue weighted by atomic mass is 9.69. The molecule has 0 aliphatic heterocycles. The van der Waals surface area contributed by atoms with E-state index < -0.39 is 0 Å². The minimum Gasteiger partial charge on any atom is -0.392 e. The molecule has 0 amide bonds. The van der Waals surface area contributed by atoms with Crippen molar-refractivity contribution in [2.75, 3.05) is 13.1 Å². The van der Waals surface area contributed by atoms with Crippen LogP contribution in [0, 0.1) is 17.3 Å². The SMILES string of the molecule is CCNCC(O)C1CCC(C(C)(C)C)CC1. The number of aliphatic hydroxyl groups excluding tert-OH is 1. The number of hydrogen-bond acceptors (Lipinski definition) is 2. The molecule has 0 saturated heterocycles. The number of aliphatic hydroxyl groups is 1. The summed E-state index contributed by atoms with van der Waals surface area (Å²) in [5.41, 5.74) is 0.442. The topological polar surface area (TPSA) is 32.3 Å². The van der Waals surface area contributed by atoms with Gasteiger partial charge in [0.25, 0.3) is 0 Å². The molecule has 1 rings (SSSR count). The molecule has 0 bridgehead atoms. The van der Waals surface area contributed by atoms with Gasteiger partial charge in [0.1, 0.15) is 0 Å². The molecule has 1 fully saturated rings. The highest BCUT2D eigenvalue weighted by molar-refractivity contribution is 4.83. The van der Waals surface area contributed by atoms with Gasteiger partial charge in [0.05, 0.1) is 6.10 Å². The van der Waals surface area contributed by atoms with E-state index in [-0.39, 0.29) is 6.10 Å². The van der Waals surface area contributed by atoms with Crippen LogP contribution in [0.25, 0.3) is 0 Å². The summed E-state index contributed by atoms with van der Waals surface area (Å²) in [7, 11) is 0. The fraction of sp³-hybridized carbons (Fsp3) is 1.00. The van der Waals surface area contributed by atoms with Crippen molar-refractivity contribution in [2.24, 2.45) is 17.3 Å². The third-order valence-corrected chi connectivity index (χ3v) is 4.14. The highest BCUT2D eigenvalue weighted by Gasteiger charge is 2.31. The number of hydrogen-bond donors (Lipinski definition) is 2. The van der Waals surface area contributed by atoms with Gasteiger partial charge in [-0.05, 0) is 49.5 Å². The van der Waals surface area contributed by atoms with Crippen LogP contribution < -0.4 is 5.32 Å². The molecule has 1 aliphatic carbocycles. The summed E-state index contributed by atoms with van der Waals surface area (Å²) >= 11 is 0. The van der Waals surface area contributed by atoms with Crippen molar-refractivity contribution < 1.29 is 5.11 Å². The normalized spacial score (nSPS) is 29.1. The molecule has 1 atom stereocenters. The van der Waals surface area contributed by atoms with Crippen LogP contribution in [-0.2, 0) is 0 Å². The van der Waals surface area contributed by atoms with Crippen molar-refractivity contribution in [1.82, 2.24) is 5.32 Å². The van der Waals surface area contributed by atoms with Crippen LogP contribution >= 0.6 is 0 Å². The van der Waals surface area contributed by atoms with E-state index in [1.54, 1.807) is 0 Å². The Morgan fingerprint density at radius 1 is 1.19 bits per heavy atom. The summed E-state index contributed by atoms with van der Waals surface area (Å²) in [6.07, 6.45) is 4.85. The van der Waals surface area contributed by atoms with Crippen molar-refractivity contribution in [2.45, 2.75) is 59.5 Å². The molecular formula is C14H29NO. The smallest absolute Gasteiger partial charge is 0.0692 e. The largest absolute Gasteiger partial charge is 0.392 e. The first-order valence-corrected chi connectivity index (χ1v) is 6.84. The molecule has 0 aromatic rings. The van der Waals surface area contributed by atoms with Gasteiger partial charge in [-0.25, -0.2) is 0 Å². The average Bonchev–Trinajstić information content (AvgIpc) is 2.25. The number of likely N-dealkylation sites (N-methyl/N-ethyl adjacent to an activating group) is 1. The van der Waals surface area contributed by atoms with Crippen LogP contribution in [0.4, 0.5) is 0 Å². The quantitative estimate of drug-likeness (QED) is 0.774. The van der Waals surface area contributed by atoms with Crippen LogP contribution in [-0.4, -0.2) is 24.3 Å². The molecule has 2 heteroatoms. The summed E-state index contributed by atoms with van der Waals surface area (Å²) in [5, 5.41) is 13.3. The summed E-state index contributed by atoms with van der Waals surface area (Å²) in [4.78, 5) is 0. The Hall–Kier alpha value is -0.0800. The molecule has 2 nitrogen and oxygen atoms in total. The summed E-state index contributed by atoms with van der Waals surface area (Å²) in [6, 6.07) is 0. The summed E-state index contributed by atoms with van der Waals surface area (Å²) in [5.74, 6) is 1.37. The van der Waals surface area contributed by atoms with E-state index >= 15 is 0 Å². The average molecular weight is 227 g/mol. The van der Waals surface area contributed by atoms with Crippen molar-refractivity contribution in [3.05, 3.63) is 0 Å². The summed E-state index contributed by atoms with van der Waals surface area (Å²) in [6.45, 7) is 10.8. The first-order valence-electron chi connectivity index (χ1n) is 6.84. The molecule has 16 heavy (non-hydrogen) atoms.